The normalized spacial score (nSPS) is 28.6. The highest BCUT2D eigenvalue weighted by atomic mass is 19.1. The first-order valence-corrected chi connectivity index (χ1v) is 20.2. The summed E-state index contributed by atoms with van der Waals surface area (Å²) in [6, 6.07) is -4.23. The van der Waals surface area contributed by atoms with Gasteiger partial charge in [-0.2, -0.15) is 0 Å². The SMILES string of the molecule is CC[C@H](C)C/C=C/C(=O)N[C@@H](Cc1cc(F)cc(F)c1)C(=O)N[C@@H]1C(=O)N2CCC[C@H]2C(=O)N2CC[C@H](C)C[C@H]2C(=O)N[C@@H](C)C(=O)N2CCC[C@H]2C(=O)O[C@@H]1C. The first-order valence-electron chi connectivity index (χ1n) is 20.2. The number of halogens is 2. The summed E-state index contributed by atoms with van der Waals surface area (Å²) < 4.78 is 34.4. The van der Waals surface area contributed by atoms with Crippen molar-refractivity contribution in [3.05, 3.63) is 47.5 Å². The lowest BCUT2D eigenvalue weighted by atomic mass is 9.91. The molecule has 0 unspecified atom stereocenters. The summed E-state index contributed by atoms with van der Waals surface area (Å²) in [7, 11) is 0. The first-order chi connectivity index (χ1) is 27.1. The molecule has 1 aromatic carbocycles. The van der Waals surface area contributed by atoms with Gasteiger partial charge in [-0.3, -0.25) is 28.8 Å². The van der Waals surface area contributed by atoms with Crippen molar-refractivity contribution in [3.63, 3.8) is 0 Å². The zero-order chi connectivity index (χ0) is 41.6. The molecule has 16 heteroatoms. The Hall–Kier alpha value is -4.89. The number of fused-ring (bicyclic) bond motifs is 3. The summed E-state index contributed by atoms with van der Waals surface area (Å²) in [5.74, 6) is -5.95. The van der Waals surface area contributed by atoms with Crippen LogP contribution in [0.15, 0.2) is 30.4 Å². The molecule has 312 valence electrons. The van der Waals surface area contributed by atoms with Crippen molar-refractivity contribution in [2.45, 2.75) is 135 Å². The summed E-state index contributed by atoms with van der Waals surface area (Å²) in [6.45, 7) is 9.56. The van der Waals surface area contributed by atoms with Crippen molar-refractivity contribution >= 4 is 41.4 Å². The third-order valence-corrected chi connectivity index (χ3v) is 11.6. The Kier molecular flexibility index (Phi) is 14.4. The lowest BCUT2D eigenvalue weighted by Crippen LogP contribution is -2.63. The average Bonchev–Trinajstić information content (AvgIpc) is 3.86. The molecule has 0 radical (unpaired) electrons. The summed E-state index contributed by atoms with van der Waals surface area (Å²) in [4.78, 5) is 102. The molecule has 57 heavy (non-hydrogen) atoms. The third-order valence-electron chi connectivity index (χ3n) is 11.6. The van der Waals surface area contributed by atoms with E-state index in [0.29, 0.717) is 44.1 Å². The van der Waals surface area contributed by atoms with Crippen molar-refractivity contribution in [3.8, 4) is 0 Å². The Morgan fingerprint density at radius 2 is 1.51 bits per heavy atom. The van der Waals surface area contributed by atoms with Gasteiger partial charge in [0.1, 0.15) is 54.0 Å². The highest BCUT2D eigenvalue weighted by Gasteiger charge is 2.47. The summed E-state index contributed by atoms with van der Waals surface area (Å²) >= 11 is 0. The predicted octanol–water partition coefficient (Wildman–Crippen LogP) is 2.53. The van der Waals surface area contributed by atoms with E-state index in [1.54, 1.807) is 6.08 Å². The molecule has 0 aliphatic carbocycles. The number of nitrogens with one attached hydrogen (secondary N) is 3. The van der Waals surface area contributed by atoms with E-state index in [-0.39, 0.29) is 50.4 Å². The van der Waals surface area contributed by atoms with Crippen LogP contribution in [0.25, 0.3) is 0 Å². The Bertz CT molecular complexity index is 1720. The number of carbonyl (C=O) groups excluding carboxylic acids is 7. The minimum Gasteiger partial charge on any atom is -0.458 e. The van der Waals surface area contributed by atoms with Crippen LogP contribution in [-0.4, -0.2) is 118 Å². The minimum absolute atomic E-state index is 0.0557. The molecular formula is C41H56F2N6O8. The van der Waals surface area contributed by atoms with Crippen LogP contribution >= 0.6 is 0 Å². The molecule has 9 atom stereocenters. The number of nitrogens with zero attached hydrogens (tertiary/aromatic N) is 3. The second kappa shape index (κ2) is 19.0. The highest BCUT2D eigenvalue weighted by molar-refractivity contribution is 5.98. The fourth-order valence-electron chi connectivity index (χ4n) is 8.14. The lowest BCUT2D eigenvalue weighted by molar-refractivity contribution is -0.163. The van der Waals surface area contributed by atoms with Crippen molar-refractivity contribution in [2.75, 3.05) is 19.6 Å². The maximum absolute atomic E-state index is 14.7. The van der Waals surface area contributed by atoms with E-state index in [1.807, 2.05) is 20.8 Å². The van der Waals surface area contributed by atoms with Crippen LogP contribution in [-0.2, 0) is 44.7 Å². The van der Waals surface area contributed by atoms with E-state index >= 15 is 0 Å². The number of cyclic esters (lactones) is 1. The standard InChI is InChI=1S/C41H56F2N6O8/c1-6-23(2)10-7-13-34(50)45-30(21-27-19-28(42)22-29(43)20-27)36(51)46-35-26(5)57-41(56)32-12-9-16-48(32)38(53)25(4)44-37(52)33-18-24(3)14-17-49(33)39(54)31-11-8-15-47(31)40(35)55/h7,13,19-20,22-26,30-33,35H,6,8-12,14-18,21H2,1-5H3,(H,44,52)(H,45,50)(H,46,51)/b13-7+/t23-,24-,25-,26+,30-,31-,32-,33-,35-/m0/s1. The Balaban J connectivity index is 1.50. The van der Waals surface area contributed by atoms with Crippen LogP contribution < -0.4 is 16.0 Å². The number of amides is 6. The van der Waals surface area contributed by atoms with E-state index in [4.69, 9.17) is 4.74 Å². The number of hydrogen-bond donors (Lipinski definition) is 3. The molecule has 4 saturated heterocycles. The maximum atomic E-state index is 14.7. The molecule has 3 N–H and O–H groups in total. The van der Waals surface area contributed by atoms with E-state index in [0.717, 1.165) is 18.6 Å². The molecule has 6 amide bonds. The van der Waals surface area contributed by atoms with Crippen molar-refractivity contribution < 1.29 is 47.1 Å². The van der Waals surface area contributed by atoms with Gasteiger partial charge in [-0.05, 0) is 94.4 Å². The Morgan fingerprint density at radius 1 is 0.877 bits per heavy atom. The fraction of sp³-hybridized carbons (Fsp3) is 0.634. The van der Waals surface area contributed by atoms with E-state index in [2.05, 4.69) is 16.0 Å². The molecule has 1 aromatic rings. The average molecular weight is 799 g/mol. The quantitative estimate of drug-likeness (QED) is 0.253. The summed E-state index contributed by atoms with van der Waals surface area (Å²) in [5.41, 5.74) is 0.0557. The predicted molar refractivity (Wildman–Crippen MR) is 204 cm³/mol. The van der Waals surface area contributed by atoms with Crippen LogP contribution in [0.1, 0.15) is 91.5 Å². The van der Waals surface area contributed by atoms with E-state index in [1.165, 1.54) is 34.6 Å². The topological polar surface area (TPSA) is 175 Å². The molecule has 0 spiro atoms. The molecule has 4 aliphatic rings. The molecule has 4 heterocycles. The van der Waals surface area contributed by atoms with Crippen molar-refractivity contribution in [1.82, 2.24) is 30.7 Å². The monoisotopic (exact) mass is 798 g/mol. The number of esters is 1. The maximum Gasteiger partial charge on any atom is 0.329 e. The number of benzene rings is 1. The number of hydrogen-bond acceptors (Lipinski definition) is 8. The number of carbonyl (C=O) groups is 7. The second-order valence-corrected chi connectivity index (χ2v) is 16.1. The van der Waals surface area contributed by atoms with Gasteiger partial charge in [0, 0.05) is 32.1 Å². The highest BCUT2D eigenvalue weighted by Crippen LogP contribution is 2.29. The number of piperidine rings is 1. The van der Waals surface area contributed by atoms with Gasteiger partial charge in [0.2, 0.25) is 35.4 Å². The van der Waals surface area contributed by atoms with E-state index in [9.17, 15) is 42.3 Å². The Labute approximate surface area is 332 Å². The zero-order valence-electron chi connectivity index (χ0n) is 33.4. The number of rotatable bonds is 9. The summed E-state index contributed by atoms with van der Waals surface area (Å²) in [6.07, 6.45) is 5.14. The smallest absolute Gasteiger partial charge is 0.329 e. The minimum atomic E-state index is -1.59. The molecule has 5 rings (SSSR count). The third kappa shape index (κ3) is 10.5. The Morgan fingerprint density at radius 3 is 2.18 bits per heavy atom. The lowest BCUT2D eigenvalue weighted by Gasteiger charge is -2.41. The number of allylic oxidation sites excluding steroid dienone is 1. The second-order valence-electron chi connectivity index (χ2n) is 16.1. The van der Waals surface area contributed by atoms with Crippen LogP contribution in [0.5, 0.6) is 0 Å². The van der Waals surface area contributed by atoms with Gasteiger partial charge < -0.3 is 35.4 Å². The van der Waals surface area contributed by atoms with Crippen LogP contribution in [0.3, 0.4) is 0 Å². The van der Waals surface area contributed by atoms with Crippen molar-refractivity contribution in [1.29, 1.82) is 0 Å². The molecule has 0 bridgehead atoms. The van der Waals surface area contributed by atoms with Gasteiger partial charge >= 0.3 is 5.97 Å². The first kappa shape index (κ1) is 43.2. The molecule has 0 aromatic heterocycles. The van der Waals surface area contributed by atoms with Crippen LogP contribution in [0.4, 0.5) is 8.78 Å². The van der Waals surface area contributed by atoms with Gasteiger partial charge in [0.05, 0.1) is 0 Å². The van der Waals surface area contributed by atoms with Gasteiger partial charge in [0.25, 0.3) is 0 Å². The molecule has 4 fully saturated rings. The largest absolute Gasteiger partial charge is 0.458 e. The van der Waals surface area contributed by atoms with Gasteiger partial charge in [-0.1, -0.05) is 33.3 Å². The van der Waals surface area contributed by atoms with Gasteiger partial charge in [-0.25, -0.2) is 13.6 Å². The molecule has 0 saturated carbocycles. The van der Waals surface area contributed by atoms with E-state index < -0.39 is 95.4 Å². The molecule has 14 nitrogen and oxygen atoms in total. The van der Waals surface area contributed by atoms with Gasteiger partial charge in [0.15, 0.2) is 0 Å². The zero-order valence-corrected chi connectivity index (χ0v) is 33.4. The molecular weight excluding hydrogens is 742 g/mol. The molecule has 4 aliphatic heterocycles. The van der Waals surface area contributed by atoms with Gasteiger partial charge in [-0.15, -0.1) is 0 Å². The van der Waals surface area contributed by atoms with Crippen molar-refractivity contribution in [2.24, 2.45) is 11.8 Å². The number of ether oxygens (including phenoxy) is 1. The summed E-state index contributed by atoms with van der Waals surface area (Å²) in [5, 5.41) is 8.01. The van der Waals surface area contributed by atoms with Crippen LogP contribution in [0, 0.1) is 23.5 Å². The fourth-order valence-corrected chi connectivity index (χ4v) is 8.14. The van der Waals surface area contributed by atoms with Crippen LogP contribution in [0.2, 0.25) is 0 Å².